The molecular weight excluding hydrogens is 382 g/mol. The summed E-state index contributed by atoms with van der Waals surface area (Å²) < 4.78 is 28.2. The number of sulfonamides is 1. The van der Waals surface area contributed by atoms with Crippen LogP contribution in [-0.2, 0) is 10.0 Å². The van der Waals surface area contributed by atoms with Gasteiger partial charge in [0.1, 0.15) is 11.5 Å². The molecule has 1 aliphatic rings. The van der Waals surface area contributed by atoms with Crippen molar-refractivity contribution in [1.82, 2.24) is 4.72 Å². The molecule has 0 unspecified atom stereocenters. The molecule has 0 aliphatic heterocycles. The molecule has 2 aromatic rings. The summed E-state index contributed by atoms with van der Waals surface area (Å²) in [6, 6.07) is 8.49. The number of carboxylic acid groups (broad SMARTS) is 1. The van der Waals surface area contributed by atoms with E-state index in [-0.39, 0.29) is 39.5 Å². The first-order chi connectivity index (χ1) is 13.2. The van der Waals surface area contributed by atoms with Crippen LogP contribution < -0.4 is 4.72 Å². The van der Waals surface area contributed by atoms with E-state index in [0.29, 0.717) is 25.7 Å². The van der Waals surface area contributed by atoms with Gasteiger partial charge in [-0.3, -0.25) is 0 Å². The van der Waals surface area contributed by atoms with Gasteiger partial charge in [-0.2, -0.15) is 0 Å². The third-order valence-corrected chi connectivity index (χ3v) is 6.97. The highest BCUT2D eigenvalue weighted by molar-refractivity contribution is 7.89. The van der Waals surface area contributed by atoms with Gasteiger partial charge in [0.05, 0.1) is 10.5 Å². The molecule has 0 bridgehead atoms. The SMILES string of the molecule is Cc1c(C(=O)O)cccc1S(=O)(=O)N[C@H]1CC[C@H](c2ccc(O)cc2O)CC1. The fourth-order valence-corrected chi connectivity index (χ4v) is 5.39. The molecule has 0 radical (unpaired) electrons. The van der Waals surface area contributed by atoms with Crippen LogP contribution in [0, 0.1) is 6.92 Å². The lowest BCUT2D eigenvalue weighted by molar-refractivity contribution is 0.0695. The van der Waals surface area contributed by atoms with Crippen LogP contribution in [0.25, 0.3) is 0 Å². The number of phenolic OH excluding ortho intramolecular Hbond substituents is 2. The minimum Gasteiger partial charge on any atom is -0.508 e. The van der Waals surface area contributed by atoms with E-state index in [0.717, 1.165) is 5.56 Å². The molecule has 2 aromatic carbocycles. The lowest BCUT2D eigenvalue weighted by Crippen LogP contribution is -2.37. The fraction of sp³-hybridized carbons (Fsp3) is 0.350. The Kier molecular flexibility index (Phi) is 5.62. The van der Waals surface area contributed by atoms with Crippen molar-refractivity contribution in [2.45, 2.75) is 49.5 Å². The van der Waals surface area contributed by atoms with E-state index in [1.807, 2.05) is 0 Å². The fourth-order valence-electron chi connectivity index (χ4n) is 3.82. The van der Waals surface area contributed by atoms with Crippen molar-refractivity contribution < 1.29 is 28.5 Å². The van der Waals surface area contributed by atoms with Gasteiger partial charge >= 0.3 is 5.97 Å². The topological polar surface area (TPSA) is 124 Å². The maximum Gasteiger partial charge on any atom is 0.335 e. The molecule has 7 nitrogen and oxygen atoms in total. The van der Waals surface area contributed by atoms with Crippen LogP contribution in [0.2, 0.25) is 0 Å². The number of aromatic carboxylic acids is 1. The molecule has 3 rings (SSSR count). The van der Waals surface area contributed by atoms with Crippen LogP contribution in [0.3, 0.4) is 0 Å². The van der Waals surface area contributed by atoms with Crippen LogP contribution in [0.15, 0.2) is 41.3 Å². The van der Waals surface area contributed by atoms with Gasteiger partial charge in [0.2, 0.25) is 10.0 Å². The summed E-state index contributed by atoms with van der Waals surface area (Å²) in [5.41, 5.74) is 0.934. The Morgan fingerprint density at radius 1 is 1.07 bits per heavy atom. The van der Waals surface area contributed by atoms with Gasteiger partial charge in [-0.1, -0.05) is 12.1 Å². The molecular formula is C20H23NO6S. The number of nitrogens with one attached hydrogen (secondary N) is 1. The van der Waals surface area contributed by atoms with Crippen molar-refractivity contribution in [3.05, 3.63) is 53.1 Å². The van der Waals surface area contributed by atoms with Crippen molar-refractivity contribution >= 4 is 16.0 Å². The van der Waals surface area contributed by atoms with Gasteiger partial charge in [0.15, 0.2) is 0 Å². The smallest absolute Gasteiger partial charge is 0.335 e. The minimum absolute atomic E-state index is 0.00153. The maximum absolute atomic E-state index is 12.8. The van der Waals surface area contributed by atoms with Crippen molar-refractivity contribution in [2.75, 3.05) is 0 Å². The Labute approximate surface area is 163 Å². The number of benzene rings is 2. The summed E-state index contributed by atoms with van der Waals surface area (Å²) in [7, 11) is -3.84. The Morgan fingerprint density at radius 3 is 2.36 bits per heavy atom. The first-order valence-corrected chi connectivity index (χ1v) is 10.5. The second kappa shape index (κ2) is 7.81. The van der Waals surface area contributed by atoms with E-state index in [2.05, 4.69) is 4.72 Å². The van der Waals surface area contributed by atoms with Crippen molar-refractivity contribution in [3.63, 3.8) is 0 Å². The van der Waals surface area contributed by atoms with E-state index in [9.17, 15) is 28.5 Å². The number of hydrogen-bond donors (Lipinski definition) is 4. The quantitative estimate of drug-likeness (QED) is 0.606. The van der Waals surface area contributed by atoms with Crippen LogP contribution in [0.5, 0.6) is 11.5 Å². The predicted octanol–water partition coefficient (Wildman–Crippen LogP) is 3.11. The number of carbonyl (C=O) groups is 1. The molecule has 1 fully saturated rings. The lowest BCUT2D eigenvalue weighted by Gasteiger charge is -2.29. The first kappa shape index (κ1) is 20.2. The highest BCUT2D eigenvalue weighted by Gasteiger charge is 2.29. The standard InChI is InChI=1S/C20H23NO6S/c1-12-16(20(24)25)3-2-4-19(12)28(26,27)21-14-7-5-13(6-8-14)17-10-9-15(22)11-18(17)23/h2-4,9-11,13-14,21-23H,5-8H2,1H3,(H,24,25)/t13-,14-. The van der Waals surface area contributed by atoms with Crippen molar-refractivity contribution in [2.24, 2.45) is 0 Å². The number of aromatic hydroxyl groups is 2. The average Bonchev–Trinajstić information content (AvgIpc) is 2.62. The molecule has 150 valence electrons. The summed E-state index contributed by atoms with van der Waals surface area (Å²) in [5.74, 6) is -1.02. The minimum atomic E-state index is -3.84. The first-order valence-electron chi connectivity index (χ1n) is 9.06. The van der Waals surface area contributed by atoms with Crippen LogP contribution in [0.4, 0.5) is 0 Å². The van der Waals surface area contributed by atoms with Gasteiger partial charge in [-0.15, -0.1) is 0 Å². The Balaban J connectivity index is 1.70. The summed E-state index contributed by atoms with van der Waals surface area (Å²) in [6.07, 6.45) is 2.59. The zero-order chi connectivity index (χ0) is 20.5. The molecule has 28 heavy (non-hydrogen) atoms. The molecule has 4 N–H and O–H groups in total. The molecule has 0 saturated heterocycles. The van der Waals surface area contributed by atoms with Gasteiger partial charge in [-0.25, -0.2) is 17.9 Å². The zero-order valence-corrected chi connectivity index (χ0v) is 16.2. The van der Waals surface area contributed by atoms with Gasteiger partial charge < -0.3 is 15.3 Å². The second-order valence-corrected chi connectivity index (χ2v) is 8.83. The Morgan fingerprint density at radius 2 is 1.75 bits per heavy atom. The summed E-state index contributed by atoms with van der Waals surface area (Å²) in [6.45, 7) is 1.49. The average molecular weight is 405 g/mol. The molecule has 8 heteroatoms. The highest BCUT2D eigenvalue weighted by Crippen LogP contribution is 2.38. The predicted molar refractivity (Wildman–Crippen MR) is 103 cm³/mol. The lowest BCUT2D eigenvalue weighted by atomic mass is 9.81. The van der Waals surface area contributed by atoms with E-state index < -0.39 is 16.0 Å². The summed E-state index contributed by atoms with van der Waals surface area (Å²) in [4.78, 5) is 11.2. The number of rotatable bonds is 5. The van der Waals surface area contributed by atoms with Gasteiger partial charge in [-0.05, 0) is 67.9 Å². The van der Waals surface area contributed by atoms with Crippen molar-refractivity contribution in [1.29, 1.82) is 0 Å². The largest absolute Gasteiger partial charge is 0.508 e. The Hall–Kier alpha value is -2.58. The van der Waals surface area contributed by atoms with Crippen molar-refractivity contribution in [3.8, 4) is 11.5 Å². The molecule has 0 atom stereocenters. The third-order valence-electron chi connectivity index (χ3n) is 5.31. The Bertz CT molecular complexity index is 994. The van der Waals surface area contributed by atoms with Gasteiger partial charge in [0.25, 0.3) is 0 Å². The third kappa shape index (κ3) is 4.13. The summed E-state index contributed by atoms with van der Waals surface area (Å²) in [5, 5.41) is 28.6. The molecule has 1 aliphatic carbocycles. The van der Waals surface area contributed by atoms with E-state index in [4.69, 9.17) is 0 Å². The molecule has 0 aromatic heterocycles. The normalized spacial score (nSPS) is 20.0. The highest BCUT2D eigenvalue weighted by atomic mass is 32.2. The van der Waals surface area contributed by atoms with Crippen LogP contribution >= 0.6 is 0 Å². The number of carboxylic acids is 1. The number of phenols is 2. The van der Waals surface area contributed by atoms with Crippen LogP contribution in [0.1, 0.15) is 53.1 Å². The molecule has 1 saturated carbocycles. The zero-order valence-electron chi connectivity index (χ0n) is 15.4. The maximum atomic E-state index is 12.8. The van der Waals surface area contributed by atoms with Gasteiger partial charge in [0, 0.05) is 12.1 Å². The van der Waals surface area contributed by atoms with E-state index in [1.165, 1.54) is 37.3 Å². The second-order valence-electron chi connectivity index (χ2n) is 7.15. The molecule has 0 spiro atoms. The monoisotopic (exact) mass is 405 g/mol. The summed E-state index contributed by atoms with van der Waals surface area (Å²) >= 11 is 0. The number of hydrogen-bond acceptors (Lipinski definition) is 5. The molecule has 0 heterocycles. The van der Waals surface area contributed by atoms with E-state index in [1.54, 1.807) is 6.07 Å². The van der Waals surface area contributed by atoms with E-state index >= 15 is 0 Å². The van der Waals surface area contributed by atoms with Crippen LogP contribution in [-0.4, -0.2) is 35.7 Å². The molecule has 0 amide bonds.